The fraction of sp³-hybridized carbons (Fsp3) is 0.706. The maximum Gasteiger partial charge on any atom is 0.0378 e. The molecule has 1 heterocycles. The van der Waals surface area contributed by atoms with E-state index in [-0.39, 0.29) is 5.54 Å². The van der Waals surface area contributed by atoms with E-state index in [0.717, 1.165) is 24.2 Å². The average molecular weight is 290 g/mol. The van der Waals surface area contributed by atoms with Crippen LogP contribution >= 0.6 is 0 Å². The minimum absolute atomic E-state index is 0.233. The minimum atomic E-state index is 0.233. The number of nitrogens with one attached hydrogen (secondary N) is 1. The number of anilines is 1. The molecule has 1 atom stereocenters. The Morgan fingerprint density at radius 1 is 1.33 bits per heavy atom. The van der Waals surface area contributed by atoms with Gasteiger partial charge in [0.1, 0.15) is 0 Å². The molecule has 1 aliphatic rings. The lowest BCUT2D eigenvalue weighted by Crippen LogP contribution is -2.60. The largest absolute Gasteiger partial charge is 0.398 e. The van der Waals surface area contributed by atoms with Crippen molar-refractivity contribution in [3.63, 3.8) is 0 Å². The number of rotatable bonds is 6. The summed E-state index contributed by atoms with van der Waals surface area (Å²) in [6.07, 6.45) is 11.2. The number of pyridine rings is 1. The van der Waals surface area contributed by atoms with Gasteiger partial charge in [-0.25, -0.2) is 0 Å². The lowest BCUT2D eigenvalue weighted by molar-refractivity contribution is 0.0575. The highest BCUT2D eigenvalue weighted by Gasteiger charge is 2.41. The van der Waals surface area contributed by atoms with Gasteiger partial charge in [0, 0.05) is 29.7 Å². The Hall–Kier alpha value is -1.13. The molecule has 0 saturated heterocycles. The van der Waals surface area contributed by atoms with Gasteiger partial charge >= 0.3 is 0 Å². The zero-order chi connectivity index (χ0) is 15.3. The van der Waals surface area contributed by atoms with Gasteiger partial charge in [0.2, 0.25) is 0 Å². The van der Waals surface area contributed by atoms with E-state index in [4.69, 9.17) is 5.73 Å². The molecule has 3 N–H and O–H groups in total. The first kappa shape index (κ1) is 16.2. The van der Waals surface area contributed by atoms with Gasteiger partial charge in [-0.3, -0.25) is 4.98 Å². The van der Waals surface area contributed by atoms with Gasteiger partial charge in [-0.2, -0.15) is 0 Å². The van der Waals surface area contributed by atoms with Crippen molar-refractivity contribution in [1.29, 1.82) is 0 Å². The third kappa shape index (κ3) is 3.55. The summed E-state index contributed by atoms with van der Waals surface area (Å²) in [5, 5.41) is 3.73. The van der Waals surface area contributed by atoms with Crippen molar-refractivity contribution in [1.82, 2.24) is 15.2 Å². The van der Waals surface area contributed by atoms with Crippen LogP contribution in [0.15, 0.2) is 18.5 Å². The summed E-state index contributed by atoms with van der Waals surface area (Å²) < 4.78 is 0. The van der Waals surface area contributed by atoms with Gasteiger partial charge in [0.15, 0.2) is 0 Å². The Kier molecular flexibility index (Phi) is 5.59. The Labute approximate surface area is 129 Å². The van der Waals surface area contributed by atoms with Crippen molar-refractivity contribution < 1.29 is 0 Å². The standard InChI is InChI=1S/C17H30N4/c1-4-20-16(12-14-13-19-11-8-15(14)18)17(21(2)3)9-6-5-7-10-17/h8,11,13,16,20H,4-7,9-10,12H2,1-3H3,(H2,18,19). The SMILES string of the molecule is CCNC(Cc1cnccc1N)C1(N(C)C)CCCCC1. The molecular formula is C17H30N4. The van der Waals surface area contributed by atoms with Crippen LogP contribution in [0.2, 0.25) is 0 Å². The topological polar surface area (TPSA) is 54.2 Å². The van der Waals surface area contributed by atoms with Gasteiger partial charge in [-0.15, -0.1) is 0 Å². The van der Waals surface area contributed by atoms with Crippen LogP contribution in [0.3, 0.4) is 0 Å². The highest BCUT2D eigenvalue weighted by atomic mass is 15.2. The molecule has 4 heteroatoms. The van der Waals surface area contributed by atoms with E-state index in [9.17, 15) is 0 Å². The second kappa shape index (κ2) is 7.23. The maximum absolute atomic E-state index is 6.13. The van der Waals surface area contributed by atoms with E-state index in [0.29, 0.717) is 6.04 Å². The van der Waals surface area contributed by atoms with Crippen LogP contribution in [-0.4, -0.2) is 42.1 Å². The summed E-state index contributed by atoms with van der Waals surface area (Å²) in [7, 11) is 4.45. The predicted octanol–water partition coefficient (Wildman–Crippen LogP) is 2.45. The molecule has 1 fully saturated rings. The first-order chi connectivity index (χ1) is 10.1. The van der Waals surface area contributed by atoms with Gasteiger partial charge in [-0.05, 0) is 51.5 Å². The number of hydrogen-bond acceptors (Lipinski definition) is 4. The molecule has 1 aromatic heterocycles. The van der Waals surface area contributed by atoms with Gasteiger partial charge in [0.25, 0.3) is 0 Å². The summed E-state index contributed by atoms with van der Waals surface area (Å²) in [4.78, 5) is 6.69. The van der Waals surface area contributed by atoms with Crippen molar-refractivity contribution in [3.8, 4) is 0 Å². The fourth-order valence-corrected chi connectivity index (χ4v) is 3.80. The summed E-state index contributed by atoms with van der Waals surface area (Å²) in [5.74, 6) is 0. The van der Waals surface area contributed by atoms with Crippen LogP contribution < -0.4 is 11.1 Å². The van der Waals surface area contributed by atoms with Crippen molar-refractivity contribution in [2.75, 3.05) is 26.4 Å². The number of nitrogen functional groups attached to an aromatic ring is 1. The molecule has 0 aromatic carbocycles. The predicted molar refractivity (Wildman–Crippen MR) is 89.3 cm³/mol. The van der Waals surface area contributed by atoms with Gasteiger partial charge < -0.3 is 16.0 Å². The van der Waals surface area contributed by atoms with Crippen LogP contribution in [0.25, 0.3) is 0 Å². The van der Waals surface area contributed by atoms with Crippen LogP contribution in [-0.2, 0) is 6.42 Å². The summed E-state index contributed by atoms with van der Waals surface area (Å²) in [6.45, 7) is 3.17. The molecule has 4 nitrogen and oxygen atoms in total. The second-order valence-corrected chi connectivity index (χ2v) is 6.45. The van der Waals surface area contributed by atoms with Crippen LogP contribution in [0.5, 0.6) is 0 Å². The molecule has 0 radical (unpaired) electrons. The maximum atomic E-state index is 6.13. The quantitative estimate of drug-likeness (QED) is 0.845. The van der Waals surface area contributed by atoms with E-state index >= 15 is 0 Å². The first-order valence-electron chi connectivity index (χ1n) is 8.19. The second-order valence-electron chi connectivity index (χ2n) is 6.45. The third-order valence-corrected chi connectivity index (χ3v) is 5.07. The van der Waals surface area contributed by atoms with Crippen molar-refractivity contribution in [3.05, 3.63) is 24.0 Å². The Bertz CT molecular complexity index is 438. The third-order valence-electron chi connectivity index (χ3n) is 5.07. The first-order valence-corrected chi connectivity index (χ1v) is 8.19. The summed E-state index contributed by atoms with van der Waals surface area (Å²) in [5.41, 5.74) is 8.39. The van der Waals surface area contributed by atoms with Crippen LogP contribution in [0.1, 0.15) is 44.6 Å². The van der Waals surface area contributed by atoms with E-state index < -0.39 is 0 Å². The van der Waals surface area contributed by atoms with E-state index in [1.54, 1.807) is 6.20 Å². The Morgan fingerprint density at radius 2 is 2.05 bits per heavy atom. The highest BCUT2D eigenvalue weighted by molar-refractivity contribution is 5.45. The number of aromatic nitrogens is 1. The molecule has 1 unspecified atom stereocenters. The average Bonchev–Trinajstić information content (AvgIpc) is 2.49. The van der Waals surface area contributed by atoms with E-state index in [1.165, 1.54) is 32.1 Å². The van der Waals surface area contributed by atoms with E-state index in [2.05, 4.69) is 36.2 Å². The number of nitrogens with two attached hydrogens (primary N) is 1. The number of nitrogens with zero attached hydrogens (tertiary/aromatic N) is 2. The summed E-state index contributed by atoms with van der Waals surface area (Å²) >= 11 is 0. The monoisotopic (exact) mass is 290 g/mol. The van der Waals surface area contributed by atoms with Crippen molar-refractivity contribution in [2.24, 2.45) is 0 Å². The summed E-state index contributed by atoms with van der Waals surface area (Å²) in [6, 6.07) is 2.32. The molecule has 1 aromatic rings. The minimum Gasteiger partial charge on any atom is -0.398 e. The molecule has 0 amide bonds. The smallest absolute Gasteiger partial charge is 0.0378 e. The molecule has 21 heavy (non-hydrogen) atoms. The lowest BCUT2D eigenvalue weighted by atomic mass is 9.73. The number of hydrogen-bond donors (Lipinski definition) is 2. The molecule has 118 valence electrons. The fourth-order valence-electron chi connectivity index (χ4n) is 3.80. The van der Waals surface area contributed by atoms with Gasteiger partial charge in [0.05, 0.1) is 0 Å². The van der Waals surface area contributed by atoms with Crippen molar-refractivity contribution >= 4 is 5.69 Å². The van der Waals surface area contributed by atoms with Crippen LogP contribution in [0.4, 0.5) is 5.69 Å². The Morgan fingerprint density at radius 3 is 2.62 bits per heavy atom. The lowest BCUT2D eigenvalue weighted by Gasteiger charge is -2.49. The zero-order valence-electron chi connectivity index (χ0n) is 13.7. The number of likely N-dealkylation sites (N-methyl/N-ethyl adjacent to an activating group) is 2. The molecular weight excluding hydrogens is 260 g/mol. The normalized spacial score (nSPS) is 19.6. The Balaban J connectivity index is 2.25. The van der Waals surface area contributed by atoms with Gasteiger partial charge in [-0.1, -0.05) is 26.2 Å². The molecule has 1 aliphatic carbocycles. The highest BCUT2D eigenvalue weighted by Crippen LogP contribution is 2.36. The zero-order valence-corrected chi connectivity index (χ0v) is 13.7. The molecule has 0 bridgehead atoms. The molecule has 0 aliphatic heterocycles. The molecule has 1 saturated carbocycles. The van der Waals surface area contributed by atoms with Crippen LogP contribution in [0, 0.1) is 0 Å². The van der Waals surface area contributed by atoms with Crippen molar-refractivity contribution in [2.45, 2.75) is 57.0 Å². The van der Waals surface area contributed by atoms with E-state index in [1.807, 2.05) is 12.3 Å². The molecule has 2 rings (SSSR count). The molecule has 0 spiro atoms.